The fourth-order valence-corrected chi connectivity index (χ4v) is 5.54. The molecule has 216 valence electrons. The van der Waals surface area contributed by atoms with Gasteiger partial charge in [-0.2, -0.15) is 0 Å². The Morgan fingerprint density at radius 2 is 1.61 bits per heavy atom. The van der Waals surface area contributed by atoms with Crippen LogP contribution in [-0.2, 0) is 22.6 Å². The average molecular weight is 557 g/mol. The first-order valence-electron chi connectivity index (χ1n) is 14.6. The minimum Gasteiger partial charge on any atom is -0.448 e. The first-order chi connectivity index (χ1) is 20.1. The van der Waals surface area contributed by atoms with Crippen LogP contribution in [0.4, 0.5) is 4.79 Å². The Bertz CT molecular complexity index is 1430. The monoisotopic (exact) mass is 556 g/mol. The van der Waals surface area contributed by atoms with E-state index in [1.807, 2.05) is 53.1 Å². The molecule has 5 rings (SSSR count). The van der Waals surface area contributed by atoms with Gasteiger partial charge in [-0.1, -0.05) is 72.8 Å². The van der Waals surface area contributed by atoms with Crippen molar-refractivity contribution >= 4 is 17.1 Å². The molecule has 2 heterocycles. The molecule has 4 aromatic rings. The van der Waals surface area contributed by atoms with Crippen LogP contribution in [0.2, 0.25) is 0 Å². The first kappa shape index (κ1) is 28.6. The van der Waals surface area contributed by atoms with Gasteiger partial charge in [-0.3, -0.25) is 9.47 Å². The van der Waals surface area contributed by atoms with Crippen molar-refractivity contribution in [1.29, 1.82) is 0 Å². The number of aromatic nitrogens is 2. The highest BCUT2D eigenvalue weighted by molar-refractivity contribution is 5.75. The molecule has 1 aliphatic heterocycles. The summed E-state index contributed by atoms with van der Waals surface area (Å²) in [7, 11) is 0. The van der Waals surface area contributed by atoms with Crippen molar-refractivity contribution in [1.82, 2.24) is 19.4 Å². The van der Waals surface area contributed by atoms with Crippen LogP contribution in [0.25, 0.3) is 11.0 Å². The molecule has 0 saturated carbocycles. The van der Waals surface area contributed by atoms with Crippen molar-refractivity contribution in [3.8, 4) is 0 Å². The van der Waals surface area contributed by atoms with Crippen molar-refractivity contribution in [2.24, 2.45) is 0 Å². The minimum atomic E-state index is -0.285. The number of carbonyl (C=O) groups excluding carboxylic acids is 1. The van der Waals surface area contributed by atoms with E-state index in [9.17, 15) is 9.59 Å². The number of rotatable bonds is 12. The van der Waals surface area contributed by atoms with Gasteiger partial charge in [0.2, 0.25) is 0 Å². The van der Waals surface area contributed by atoms with Crippen molar-refractivity contribution in [2.75, 3.05) is 32.8 Å². The topological polar surface area (TPSA) is 79.8 Å². The van der Waals surface area contributed by atoms with Crippen LogP contribution in [0, 0.1) is 0 Å². The van der Waals surface area contributed by atoms with Crippen molar-refractivity contribution in [3.05, 3.63) is 107 Å². The molecule has 1 aromatic heterocycles. The van der Waals surface area contributed by atoms with E-state index in [1.54, 1.807) is 4.90 Å². The molecule has 3 aromatic carbocycles. The maximum atomic E-state index is 13.0. The lowest BCUT2D eigenvalue weighted by Gasteiger charge is -2.33. The van der Waals surface area contributed by atoms with Gasteiger partial charge in [-0.15, -0.1) is 0 Å². The Hall–Kier alpha value is -3.88. The number of para-hydroxylation sites is 2. The maximum Gasteiger partial charge on any atom is 0.409 e. The second-order valence-corrected chi connectivity index (χ2v) is 10.8. The molecule has 1 fully saturated rings. The van der Waals surface area contributed by atoms with E-state index < -0.39 is 0 Å². The molecule has 1 atom stereocenters. The van der Waals surface area contributed by atoms with Gasteiger partial charge in [0, 0.05) is 44.9 Å². The fraction of sp³-hybridized carbons (Fsp3) is 0.394. The zero-order chi connectivity index (χ0) is 28.4. The number of H-pyrrole nitrogens is 1. The Balaban J connectivity index is 1.10. The molecule has 1 aliphatic rings. The first-order valence-corrected chi connectivity index (χ1v) is 14.6. The van der Waals surface area contributed by atoms with Crippen LogP contribution in [0.5, 0.6) is 0 Å². The quantitative estimate of drug-likeness (QED) is 0.230. The minimum absolute atomic E-state index is 0.0515. The molecule has 0 radical (unpaired) electrons. The van der Waals surface area contributed by atoms with E-state index >= 15 is 0 Å². The smallest absolute Gasteiger partial charge is 0.409 e. The highest BCUT2D eigenvalue weighted by Crippen LogP contribution is 2.25. The van der Waals surface area contributed by atoms with E-state index in [2.05, 4.69) is 53.2 Å². The highest BCUT2D eigenvalue weighted by atomic mass is 16.6. The van der Waals surface area contributed by atoms with E-state index in [1.165, 1.54) is 11.1 Å². The number of fused-ring (bicyclic) bond motifs is 1. The molecule has 0 bridgehead atoms. The number of hydrogen-bond acceptors (Lipinski definition) is 5. The summed E-state index contributed by atoms with van der Waals surface area (Å²) in [5.74, 6) is 0. The fourth-order valence-electron chi connectivity index (χ4n) is 5.54. The standard InChI is InChI=1S/C33H40N4O4/c1-26(36(23-27-11-4-2-5-12-27)19-10-22-40-25-28-13-6-3-7-14-28)24-41-33(39)35-20-17-29(18-21-35)37-31-16-9-8-15-30(31)34-32(37)38/h2-9,11-16,26,29H,10,17-25H2,1H3,(H,34,38). The predicted molar refractivity (Wildman–Crippen MR) is 161 cm³/mol. The number of imidazole rings is 1. The summed E-state index contributed by atoms with van der Waals surface area (Å²) in [6.07, 6.45) is 2.04. The highest BCUT2D eigenvalue weighted by Gasteiger charge is 2.27. The van der Waals surface area contributed by atoms with Crippen LogP contribution < -0.4 is 5.69 Å². The van der Waals surface area contributed by atoms with Gasteiger partial charge in [0.25, 0.3) is 0 Å². The van der Waals surface area contributed by atoms with Crippen LogP contribution in [0.3, 0.4) is 0 Å². The zero-order valence-electron chi connectivity index (χ0n) is 23.8. The van der Waals surface area contributed by atoms with Crippen LogP contribution >= 0.6 is 0 Å². The van der Waals surface area contributed by atoms with E-state index in [0.717, 1.165) is 43.4 Å². The van der Waals surface area contributed by atoms with Gasteiger partial charge in [0.15, 0.2) is 0 Å². The lowest BCUT2D eigenvalue weighted by atomic mass is 10.0. The van der Waals surface area contributed by atoms with Gasteiger partial charge < -0.3 is 19.4 Å². The zero-order valence-corrected chi connectivity index (χ0v) is 23.8. The third kappa shape index (κ3) is 7.65. The number of likely N-dealkylation sites (tertiary alicyclic amines) is 1. The lowest BCUT2D eigenvalue weighted by Crippen LogP contribution is -2.43. The summed E-state index contributed by atoms with van der Waals surface area (Å²) >= 11 is 0. The van der Waals surface area contributed by atoms with Crippen molar-refractivity contribution in [3.63, 3.8) is 0 Å². The average Bonchev–Trinajstić information content (AvgIpc) is 3.35. The molecule has 0 aliphatic carbocycles. The maximum absolute atomic E-state index is 13.0. The number of carbonyl (C=O) groups is 1. The number of amides is 1. The molecule has 0 spiro atoms. The summed E-state index contributed by atoms with van der Waals surface area (Å²) < 4.78 is 13.5. The molecule has 8 heteroatoms. The Morgan fingerprint density at radius 3 is 2.34 bits per heavy atom. The summed E-state index contributed by atoms with van der Waals surface area (Å²) in [5, 5.41) is 0. The Kier molecular flexibility index (Phi) is 9.88. The van der Waals surface area contributed by atoms with Crippen molar-refractivity contribution < 1.29 is 14.3 Å². The molecule has 41 heavy (non-hydrogen) atoms. The Labute approximate surface area is 241 Å². The summed E-state index contributed by atoms with van der Waals surface area (Å²) in [5.41, 5.74) is 4.06. The third-order valence-electron chi connectivity index (χ3n) is 7.86. The van der Waals surface area contributed by atoms with E-state index in [-0.39, 0.29) is 23.9 Å². The lowest BCUT2D eigenvalue weighted by molar-refractivity contribution is 0.0528. The molecule has 1 N–H and O–H groups in total. The largest absolute Gasteiger partial charge is 0.448 e. The van der Waals surface area contributed by atoms with Crippen LogP contribution in [0.15, 0.2) is 89.7 Å². The van der Waals surface area contributed by atoms with Gasteiger partial charge in [0.05, 0.1) is 17.6 Å². The normalized spacial score (nSPS) is 14.9. The SMILES string of the molecule is CC(COC(=O)N1CCC(n2c(=O)[nH]c3ccccc32)CC1)N(CCCOCc1ccccc1)Cc1ccccc1. The second kappa shape index (κ2) is 14.1. The molecule has 1 unspecified atom stereocenters. The number of piperidine rings is 1. The molecule has 1 amide bonds. The molecule has 1 saturated heterocycles. The Morgan fingerprint density at radius 1 is 0.951 bits per heavy atom. The third-order valence-corrected chi connectivity index (χ3v) is 7.86. The van der Waals surface area contributed by atoms with Crippen LogP contribution in [0.1, 0.15) is 43.4 Å². The molecule has 8 nitrogen and oxygen atoms in total. The van der Waals surface area contributed by atoms with E-state index in [4.69, 9.17) is 9.47 Å². The number of hydrogen-bond donors (Lipinski definition) is 1. The van der Waals surface area contributed by atoms with Crippen molar-refractivity contribution in [2.45, 2.75) is 51.4 Å². The van der Waals surface area contributed by atoms with E-state index in [0.29, 0.717) is 32.9 Å². The number of nitrogens with one attached hydrogen (secondary N) is 1. The van der Waals surface area contributed by atoms with Gasteiger partial charge >= 0.3 is 11.8 Å². The second-order valence-electron chi connectivity index (χ2n) is 10.8. The number of ether oxygens (including phenoxy) is 2. The van der Waals surface area contributed by atoms with Crippen LogP contribution in [-0.4, -0.2) is 64.3 Å². The number of aromatic amines is 1. The summed E-state index contributed by atoms with van der Waals surface area (Å²) in [6, 6.07) is 28.4. The predicted octanol–water partition coefficient (Wildman–Crippen LogP) is 5.60. The molecular weight excluding hydrogens is 516 g/mol. The summed E-state index contributed by atoms with van der Waals surface area (Å²) in [6.45, 7) is 6.46. The number of benzene rings is 3. The summed E-state index contributed by atoms with van der Waals surface area (Å²) in [4.78, 5) is 32.6. The molecular formula is C33H40N4O4. The van der Waals surface area contributed by atoms with Gasteiger partial charge in [0.1, 0.15) is 6.61 Å². The van der Waals surface area contributed by atoms with Gasteiger partial charge in [-0.25, -0.2) is 9.59 Å². The van der Waals surface area contributed by atoms with Gasteiger partial charge in [-0.05, 0) is 49.4 Å². The number of nitrogens with zero attached hydrogens (tertiary/aromatic N) is 3.